The Balaban J connectivity index is 1.75. The number of sulfone groups is 1. The van der Waals surface area contributed by atoms with Gasteiger partial charge in [-0.25, -0.2) is 23.4 Å². The van der Waals surface area contributed by atoms with Gasteiger partial charge in [-0.3, -0.25) is 9.36 Å². The molecule has 8 nitrogen and oxygen atoms in total. The molecule has 2 aromatic heterocycles. The first-order valence-electron chi connectivity index (χ1n) is 6.36. The van der Waals surface area contributed by atoms with Crippen molar-refractivity contribution in [1.29, 1.82) is 0 Å². The molecule has 0 radical (unpaired) electrons. The number of aromatic nitrogens is 4. The van der Waals surface area contributed by atoms with E-state index in [2.05, 4.69) is 20.3 Å². The Hall–Kier alpha value is -2.29. The van der Waals surface area contributed by atoms with E-state index >= 15 is 0 Å². The van der Waals surface area contributed by atoms with E-state index in [9.17, 15) is 13.2 Å². The molecule has 21 heavy (non-hydrogen) atoms. The lowest BCUT2D eigenvalue weighted by molar-refractivity contribution is 0.0936. The first-order chi connectivity index (χ1) is 10.0. The van der Waals surface area contributed by atoms with Crippen LogP contribution in [0, 0.1) is 0 Å². The third-order valence-electron chi connectivity index (χ3n) is 3.18. The molecule has 1 aliphatic heterocycles. The minimum atomic E-state index is -3.03. The lowest BCUT2D eigenvalue weighted by Crippen LogP contribution is -2.36. The lowest BCUT2D eigenvalue weighted by atomic mass is 10.2. The predicted molar refractivity (Wildman–Crippen MR) is 73.7 cm³/mol. The number of imidazole rings is 1. The Morgan fingerprint density at radius 3 is 2.90 bits per heavy atom. The van der Waals surface area contributed by atoms with Crippen LogP contribution in [0.15, 0.2) is 31.0 Å². The summed E-state index contributed by atoms with van der Waals surface area (Å²) in [4.78, 5) is 24.2. The molecule has 3 heterocycles. The zero-order valence-corrected chi connectivity index (χ0v) is 11.8. The molecule has 0 saturated carbocycles. The van der Waals surface area contributed by atoms with Crippen LogP contribution in [0.4, 0.5) is 0 Å². The highest BCUT2D eigenvalue weighted by Gasteiger charge is 2.29. The van der Waals surface area contributed by atoms with Gasteiger partial charge in [0.1, 0.15) is 12.0 Å². The highest BCUT2D eigenvalue weighted by molar-refractivity contribution is 7.91. The van der Waals surface area contributed by atoms with E-state index in [4.69, 9.17) is 0 Å². The van der Waals surface area contributed by atoms with E-state index in [1.54, 1.807) is 17.0 Å². The van der Waals surface area contributed by atoms with Gasteiger partial charge in [-0.05, 0) is 12.5 Å². The summed E-state index contributed by atoms with van der Waals surface area (Å²) in [5.74, 6) is 0.0280. The predicted octanol–water partition coefficient (Wildman–Crippen LogP) is -0.421. The van der Waals surface area contributed by atoms with Crippen molar-refractivity contribution in [3.05, 3.63) is 36.7 Å². The molecular weight excluding hydrogens is 294 g/mol. The number of hydrogen-bond acceptors (Lipinski definition) is 6. The van der Waals surface area contributed by atoms with Crippen LogP contribution in [-0.4, -0.2) is 51.4 Å². The molecule has 0 unspecified atom stereocenters. The van der Waals surface area contributed by atoms with E-state index in [-0.39, 0.29) is 23.2 Å². The van der Waals surface area contributed by atoms with Crippen molar-refractivity contribution < 1.29 is 13.2 Å². The lowest BCUT2D eigenvalue weighted by Gasteiger charge is -2.10. The van der Waals surface area contributed by atoms with Crippen molar-refractivity contribution >= 4 is 15.7 Å². The van der Waals surface area contributed by atoms with E-state index in [1.807, 2.05) is 0 Å². The first-order valence-corrected chi connectivity index (χ1v) is 8.18. The molecule has 3 rings (SSSR count). The second kappa shape index (κ2) is 5.24. The van der Waals surface area contributed by atoms with Crippen LogP contribution in [0.25, 0.3) is 5.95 Å². The molecule has 110 valence electrons. The molecule has 1 aliphatic rings. The van der Waals surface area contributed by atoms with Crippen LogP contribution in [0.3, 0.4) is 0 Å². The average Bonchev–Trinajstić information content (AvgIpc) is 3.09. The second-order valence-corrected chi connectivity index (χ2v) is 7.01. The Morgan fingerprint density at radius 2 is 2.24 bits per heavy atom. The molecule has 1 amide bonds. The molecule has 0 aromatic carbocycles. The Labute approximate surface area is 121 Å². The summed E-state index contributed by atoms with van der Waals surface area (Å²) in [6.45, 7) is 0. The molecule has 1 fully saturated rings. The monoisotopic (exact) mass is 307 g/mol. The maximum atomic E-state index is 12.1. The molecule has 0 bridgehead atoms. The van der Waals surface area contributed by atoms with Gasteiger partial charge in [-0.1, -0.05) is 0 Å². The van der Waals surface area contributed by atoms with Crippen LogP contribution in [0.5, 0.6) is 0 Å². The Bertz CT molecular complexity index is 757. The SMILES string of the molecule is O=C(N[C@@H]1CCS(=O)(=O)C1)c1ccnc(-n2ccnc2)n1. The van der Waals surface area contributed by atoms with Crippen molar-refractivity contribution in [2.75, 3.05) is 11.5 Å². The number of hydrogen-bond donors (Lipinski definition) is 1. The van der Waals surface area contributed by atoms with Crippen molar-refractivity contribution in [3.63, 3.8) is 0 Å². The summed E-state index contributed by atoms with van der Waals surface area (Å²) >= 11 is 0. The standard InChI is InChI=1S/C12H13N5O3S/c18-11(15-9-2-6-21(19,20)7-9)10-1-3-14-12(16-10)17-5-4-13-8-17/h1,3-5,8-9H,2,6-7H2,(H,15,18)/t9-/m1/s1. The van der Waals surface area contributed by atoms with Crippen LogP contribution in [0.1, 0.15) is 16.9 Å². The molecular formula is C12H13N5O3S. The third kappa shape index (κ3) is 3.07. The quantitative estimate of drug-likeness (QED) is 0.825. The molecule has 1 atom stereocenters. The van der Waals surface area contributed by atoms with E-state index in [1.165, 1.54) is 18.6 Å². The second-order valence-electron chi connectivity index (χ2n) is 4.79. The summed E-state index contributed by atoms with van der Waals surface area (Å²) in [7, 11) is -3.03. The summed E-state index contributed by atoms with van der Waals surface area (Å²) in [5, 5.41) is 2.69. The van der Waals surface area contributed by atoms with Crippen molar-refractivity contribution in [2.24, 2.45) is 0 Å². The fourth-order valence-corrected chi connectivity index (χ4v) is 3.82. The van der Waals surface area contributed by atoms with Gasteiger partial charge >= 0.3 is 0 Å². The number of carbonyl (C=O) groups is 1. The molecule has 0 aliphatic carbocycles. The van der Waals surface area contributed by atoms with Gasteiger partial charge in [0.2, 0.25) is 5.95 Å². The first kappa shape index (κ1) is 13.7. The number of carbonyl (C=O) groups excluding carboxylic acids is 1. The van der Waals surface area contributed by atoms with Crippen LogP contribution >= 0.6 is 0 Å². The molecule has 2 aromatic rings. The molecule has 1 saturated heterocycles. The number of rotatable bonds is 3. The largest absolute Gasteiger partial charge is 0.347 e. The summed E-state index contributed by atoms with van der Waals surface area (Å²) in [6, 6.07) is 1.13. The van der Waals surface area contributed by atoms with Crippen LogP contribution in [-0.2, 0) is 9.84 Å². The van der Waals surface area contributed by atoms with Crippen LogP contribution < -0.4 is 5.32 Å². The van der Waals surface area contributed by atoms with E-state index < -0.39 is 15.7 Å². The zero-order chi connectivity index (χ0) is 14.9. The molecule has 0 spiro atoms. The molecule has 9 heteroatoms. The average molecular weight is 307 g/mol. The zero-order valence-electron chi connectivity index (χ0n) is 11.0. The van der Waals surface area contributed by atoms with Gasteiger partial charge in [0.25, 0.3) is 5.91 Å². The van der Waals surface area contributed by atoms with E-state index in [0.717, 1.165) is 0 Å². The van der Waals surface area contributed by atoms with Gasteiger partial charge in [-0.2, -0.15) is 0 Å². The Kier molecular flexibility index (Phi) is 3.42. The third-order valence-corrected chi connectivity index (χ3v) is 4.95. The smallest absolute Gasteiger partial charge is 0.270 e. The van der Waals surface area contributed by atoms with Gasteiger partial charge in [0, 0.05) is 24.6 Å². The minimum absolute atomic E-state index is 0.0157. The maximum Gasteiger partial charge on any atom is 0.270 e. The normalized spacial score (nSPS) is 20.3. The van der Waals surface area contributed by atoms with Crippen molar-refractivity contribution in [2.45, 2.75) is 12.5 Å². The minimum Gasteiger partial charge on any atom is -0.347 e. The fourth-order valence-electron chi connectivity index (χ4n) is 2.14. The number of amides is 1. The topological polar surface area (TPSA) is 107 Å². The van der Waals surface area contributed by atoms with Gasteiger partial charge in [0.05, 0.1) is 11.5 Å². The summed E-state index contributed by atoms with van der Waals surface area (Å²) in [5.41, 5.74) is 0.193. The van der Waals surface area contributed by atoms with Gasteiger partial charge < -0.3 is 5.32 Å². The van der Waals surface area contributed by atoms with Gasteiger partial charge in [0.15, 0.2) is 9.84 Å². The highest BCUT2D eigenvalue weighted by atomic mass is 32.2. The number of nitrogens with zero attached hydrogens (tertiary/aromatic N) is 4. The van der Waals surface area contributed by atoms with Gasteiger partial charge in [-0.15, -0.1) is 0 Å². The van der Waals surface area contributed by atoms with Crippen molar-refractivity contribution in [1.82, 2.24) is 24.8 Å². The summed E-state index contributed by atoms with van der Waals surface area (Å²) in [6.07, 6.45) is 6.69. The maximum absolute atomic E-state index is 12.1. The number of nitrogens with one attached hydrogen (secondary N) is 1. The highest BCUT2D eigenvalue weighted by Crippen LogP contribution is 2.12. The fraction of sp³-hybridized carbons (Fsp3) is 0.333. The van der Waals surface area contributed by atoms with Crippen LogP contribution in [0.2, 0.25) is 0 Å². The van der Waals surface area contributed by atoms with E-state index in [0.29, 0.717) is 12.4 Å². The van der Waals surface area contributed by atoms with Crippen molar-refractivity contribution in [3.8, 4) is 5.95 Å². The molecule has 1 N–H and O–H groups in total. The summed E-state index contributed by atoms with van der Waals surface area (Å²) < 4.78 is 24.3. The Morgan fingerprint density at radius 1 is 1.38 bits per heavy atom.